The van der Waals surface area contributed by atoms with E-state index in [9.17, 15) is 0 Å². The zero-order valence-corrected chi connectivity index (χ0v) is 7.94. The van der Waals surface area contributed by atoms with Crippen molar-refractivity contribution in [3.05, 3.63) is 12.0 Å². The molecule has 1 aliphatic heterocycles. The zero-order chi connectivity index (χ0) is 9.80. The SMILES string of the molecule is CNCC1C=NC=C(c2nn[nH]n2)C1. The lowest BCUT2D eigenvalue weighted by Gasteiger charge is -2.14. The summed E-state index contributed by atoms with van der Waals surface area (Å²) in [5.74, 6) is 1.06. The van der Waals surface area contributed by atoms with Crippen LogP contribution in [-0.4, -0.2) is 40.4 Å². The fraction of sp³-hybridized carbons (Fsp3) is 0.500. The largest absolute Gasteiger partial charge is 0.319 e. The number of nitrogens with one attached hydrogen (secondary N) is 2. The number of aromatic nitrogens is 4. The predicted molar refractivity (Wildman–Crippen MR) is 52.7 cm³/mol. The van der Waals surface area contributed by atoms with E-state index < -0.39 is 0 Å². The summed E-state index contributed by atoms with van der Waals surface area (Å²) < 4.78 is 0. The predicted octanol–water partition coefficient (Wildman–Crippen LogP) is -0.149. The third-order valence-electron chi connectivity index (χ3n) is 2.11. The minimum Gasteiger partial charge on any atom is -0.319 e. The van der Waals surface area contributed by atoms with Crippen LogP contribution in [0.1, 0.15) is 12.2 Å². The highest BCUT2D eigenvalue weighted by atomic mass is 15.5. The molecule has 6 heteroatoms. The van der Waals surface area contributed by atoms with Gasteiger partial charge in [-0.25, -0.2) is 0 Å². The average molecular weight is 192 g/mol. The van der Waals surface area contributed by atoms with Gasteiger partial charge in [0.2, 0.25) is 5.82 Å². The van der Waals surface area contributed by atoms with E-state index in [4.69, 9.17) is 0 Å². The number of hydrogen-bond donors (Lipinski definition) is 2. The highest BCUT2D eigenvalue weighted by Crippen LogP contribution is 2.21. The Morgan fingerprint density at radius 3 is 3.29 bits per heavy atom. The van der Waals surface area contributed by atoms with E-state index in [1.807, 2.05) is 13.3 Å². The third-order valence-corrected chi connectivity index (χ3v) is 2.11. The van der Waals surface area contributed by atoms with Gasteiger partial charge in [-0.2, -0.15) is 5.21 Å². The molecule has 1 atom stereocenters. The van der Waals surface area contributed by atoms with Gasteiger partial charge in [0, 0.05) is 30.5 Å². The molecule has 2 N–H and O–H groups in total. The number of aromatic amines is 1. The summed E-state index contributed by atoms with van der Waals surface area (Å²) in [4.78, 5) is 4.17. The molecule has 0 saturated carbocycles. The maximum Gasteiger partial charge on any atom is 0.202 e. The monoisotopic (exact) mass is 192 g/mol. The molecule has 0 bridgehead atoms. The van der Waals surface area contributed by atoms with Gasteiger partial charge in [-0.05, 0) is 18.7 Å². The van der Waals surface area contributed by atoms with Crippen LogP contribution >= 0.6 is 0 Å². The smallest absolute Gasteiger partial charge is 0.202 e. The van der Waals surface area contributed by atoms with E-state index in [2.05, 4.69) is 30.9 Å². The topological polar surface area (TPSA) is 78.9 Å². The van der Waals surface area contributed by atoms with Gasteiger partial charge in [0.25, 0.3) is 0 Å². The molecule has 0 fully saturated rings. The van der Waals surface area contributed by atoms with E-state index in [0.717, 1.165) is 18.5 Å². The van der Waals surface area contributed by atoms with Gasteiger partial charge >= 0.3 is 0 Å². The van der Waals surface area contributed by atoms with Crippen molar-refractivity contribution >= 4 is 11.8 Å². The molecule has 1 unspecified atom stereocenters. The van der Waals surface area contributed by atoms with Crippen LogP contribution in [0.25, 0.3) is 5.57 Å². The van der Waals surface area contributed by atoms with Gasteiger partial charge < -0.3 is 5.32 Å². The van der Waals surface area contributed by atoms with Gasteiger partial charge in [0.1, 0.15) is 0 Å². The lowest BCUT2D eigenvalue weighted by Crippen LogP contribution is -2.21. The van der Waals surface area contributed by atoms with Gasteiger partial charge in [0.15, 0.2) is 0 Å². The van der Waals surface area contributed by atoms with E-state index in [1.165, 1.54) is 0 Å². The Bertz CT molecular complexity index is 339. The first-order valence-corrected chi connectivity index (χ1v) is 4.51. The normalized spacial score (nSPS) is 20.9. The second-order valence-corrected chi connectivity index (χ2v) is 3.21. The number of allylic oxidation sites excluding steroid dienone is 1. The third kappa shape index (κ3) is 1.85. The molecule has 1 aromatic heterocycles. The molecular weight excluding hydrogens is 180 g/mol. The minimum absolute atomic E-state index is 0.415. The molecule has 0 spiro atoms. The lowest BCUT2D eigenvalue weighted by molar-refractivity contribution is 0.646. The second kappa shape index (κ2) is 4.10. The Morgan fingerprint density at radius 2 is 2.57 bits per heavy atom. The molecule has 0 radical (unpaired) electrons. The van der Waals surface area contributed by atoms with Crippen molar-refractivity contribution < 1.29 is 0 Å². The van der Waals surface area contributed by atoms with E-state index in [0.29, 0.717) is 11.7 Å². The van der Waals surface area contributed by atoms with E-state index in [1.54, 1.807) is 6.20 Å². The molecule has 1 aliphatic rings. The quantitative estimate of drug-likeness (QED) is 0.698. The number of rotatable bonds is 3. The van der Waals surface area contributed by atoms with Crippen LogP contribution in [0, 0.1) is 5.92 Å². The number of aliphatic imine (C=N–C) groups is 1. The summed E-state index contributed by atoms with van der Waals surface area (Å²) in [7, 11) is 1.93. The fourth-order valence-corrected chi connectivity index (χ4v) is 1.48. The number of hydrogen-bond acceptors (Lipinski definition) is 5. The van der Waals surface area contributed by atoms with Crippen LogP contribution in [-0.2, 0) is 0 Å². The summed E-state index contributed by atoms with van der Waals surface area (Å²) in [5, 5.41) is 16.9. The Hall–Kier alpha value is -1.56. The Labute approximate surface area is 81.5 Å². The average Bonchev–Trinajstić information content (AvgIpc) is 2.71. The van der Waals surface area contributed by atoms with Crippen molar-refractivity contribution in [2.24, 2.45) is 10.9 Å². The first-order valence-electron chi connectivity index (χ1n) is 4.51. The molecule has 6 nitrogen and oxygen atoms in total. The van der Waals surface area contributed by atoms with Gasteiger partial charge in [-0.1, -0.05) is 0 Å². The molecule has 14 heavy (non-hydrogen) atoms. The number of nitrogens with zero attached hydrogens (tertiary/aromatic N) is 4. The molecule has 2 rings (SSSR count). The van der Waals surface area contributed by atoms with Crippen LogP contribution in [0.2, 0.25) is 0 Å². The minimum atomic E-state index is 0.415. The molecule has 1 aromatic rings. The standard InChI is InChI=1S/C8H12N6/c1-9-3-6-2-7(5-10-4-6)8-11-13-14-12-8/h4-6,9H,2-3H2,1H3,(H,11,12,13,14). The van der Waals surface area contributed by atoms with Crippen molar-refractivity contribution in [3.8, 4) is 0 Å². The van der Waals surface area contributed by atoms with E-state index >= 15 is 0 Å². The molecule has 2 heterocycles. The van der Waals surface area contributed by atoms with Crippen LogP contribution in [0.3, 0.4) is 0 Å². The Kier molecular flexibility index (Phi) is 2.64. The number of H-pyrrole nitrogens is 1. The summed E-state index contributed by atoms with van der Waals surface area (Å²) in [6, 6.07) is 0. The van der Waals surface area contributed by atoms with Crippen LogP contribution in [0.4, 0.5) is 0 Å². The van der Waals surface area contributed by atoms with Crippen molar-refractivity contribution in [1.82, 2.24) is 25.9 Å². The first-order chi connectivity index (χ1) is 6.90. The van der Waals surface area contributed by atoms with Crippen molar-refractivity contribution in [2.75, 3.05) is 13.6 Å². The lowest BCUT2D eigenvalue weighted by atomic mass is 9.99. The molecule has 0 aromatic carbocycles. The number of tetrazole rings is 1. The summed E-state index contributed by atoms with van der Waals surface area (Å²) in [5.41, 5.74) is 1.03. The van der Waals surface area contributed by atoms with Crippen LogP contribution < -0.4 is 5.32 Å². The highest BCUT2D eigenvalue weighted by molar-refractivity contribution is 5.73. The van der Waals surface area contributed by atoms with E-state index in [-0.39, 0.29) is 0 Å². The second-order valence-electron chi connectivity index (χ2n) is 3.21. The highest BCUT2D eigenvalue weighted by Gasteiger charge is 2.15. The van der Waals surface area contributed by atoms with Gasteiger partial charge in [0.05, 0.1) is 0 Å². The van der Waals surface area contributed by atoms with Crippen LogP contribution in [0.5, 0.6) is 0 Å². The van der Waals surface area contributed by atoms with Gasteiger partial charge in [-0.3, -0.25) is 4.99 Å². The van der Waals surface area contributed by atoms with Gasteiger partial charge in [-0.15, -0.1) is 10.2 Å². The summed E-state index contributed by atoms with van der Waals surface area (Å²) >= 11 is 0. The molecule has 0 amide bonds. The van der Waals surface area contributed by atoms with Crippen molar-refractivity contribution in [3.63, 3.8) is 0 Å². The maximum atomic E-state index is 4.17. The molecule has 74 valence electrons. The molecule has 0 saturated heterocycles. The Balaban J connectivity index is 2.08. The zero-order valence-electron chi connectivity index (χ0n) is 7.94. The maximum absolute atomic E-state index is 4.17. The van der Waals surface area contributed by atoms with Crippen molar-refractivity contribution in [1.29, 1.82) is 0 Å². The summed E-state index contributed by atoms with van der Waals surface area (Å²) in [6.07, 6.45) is 4.64. The Morgan fingerprint density at radius 1 is 1.64 bits per heavy atom. The summed E-state index contributed by atoms with van der Waals surface area (Å²) in [6.45, 7) is 0.915. The molecule has 0 aliphatic carbocycles. The van der Waals surface area contributed by atoms with Crippen LogP contribution in [0.15, 0.2) is 11.2 Å². The van der Waals surface area contributed by atoms with Crippen molar-refractivity contribution in [2.45, 2.75) is 6.42 Å². The molecular formula is C8H12N6. The first kappa shape index (κ1) is 9.01. The fourth-order valence-electron chi connectivity index (χ4n) is 1.48.